The Morgan fingerprint density at radius 1 is 1.03 bits per heavy atom. The summed E-state index contributed by atoms with van der Waals surface area (Å²) in [6.45, 7) is 1.60. The van der Waals surface area contributed by atoms with Gasteiger partial charge in [-0.1, -0.05) is 42.5 Å². The molecular weight excluding hydrogens is 376 g/mol. The maximum Gasteiger partial charge on any atom is 0.336 e. The number of hydrogen-bond donors (Lipinski definition) is 2. The average Bonchev–Trinajstić information content (AvgIpc) is 2.75. The molecule has 0 bridgehead atoms. The van der Waals surface area contributed by atoms with E-state index in [-0.39, 0.29) is 5.63 Å². The van der Waals surface area contributed by atoms with E-state index in [1.54, 1.807) is 13.2 Å². The summed E-state index contributed by atoms with van der Waals surface area (Å²) in [5, 5.41) is 5.56. The van der Waals surface area contributed by atoms with Crippen molar-refractivity contribution in [2.75, 3.05) is 27.7 Å². The Morgan fingerprint density at radius 3 is 2.67 bits per heavy atom. The zero-order chi connectivity index (χ0) is 21.1. The molecule has 30 heavy (non-hydrogen) atoms. The van der Waals surface area contributed by atoms with Gasteiger partial charge in [-0.3, -0.25) is 0 Å². The maximum absolute atomic E-state index is 12.1. The van der Waals surface area contributed by atoms with Gasteiger partial charge in [0.15, 0.2) is 6.04 Å². The van der Waals surface area contributed by atoms with Crippen LogP contribution in [0.3, 0.4) is 0 Å². The largest absolute Gasteiger partial charge is 0.497 e. The van der Waals surface area contributed by atoms with Crippen LogP contribution in [0.5, 0.6) is 5.75 Å². The second-order valence-electron chi connectivity index (χ2n) is 7.89. The van der Waals surface area contributed by atoms with E-state index in [0.717, 1.165) is 34.0 Å². The highest BCUT2D eigenvalue weighted by Crippen LogP contribution is 2.27. The van der Waals surface area contributed by atoms with Gasteiger partial charge in [0.1, 0.15) is 24.4 Å². The van der Waals surface area contributed by atoms with Crippen LogP contribution in [-0.2, 0) is 6.54 Å². The first-order valence-electron chi connectivity index (χ1n) is 10.3. The van der Waals surface area contributed by atoms with E-state index in [9.17, 15) is 4.79 Å². The van der Waals surface area contributed by atoms with Crippen molar-refractivity contribution in [3.05, 3.63) is 88.3 Å². The highest BCUT2D eigenvalue weighted by molar-refractivity contribution is 6.06. The normalized spacial score (nSPS) is 12.5. The fraction of sp³-hybridized carbons (Fsp3) is 0.240. The molecule has 0 fully saturated rings. The van der Waals surface area contributed by atoms with E-state index >= 15 is 0 Å². The number of rotatable bonds is 7. The van der Waals surface area contributed by atoms with Crippen LogP contribution in [0.25, 0.3) is 21.7 Å². The number of ether oxygens (including phenoxy) is 1. The zero-order valence-electron chi connectivity index (χ0n) is 17.6. The molecule has 0 unspecified atom stereocenters. The van der Waals surface area contributed by atoms with Crippen molar-refractivity contribution in [1.82, 2.24) is 0 Å². The third-order valence-electron chi connectivity index (χ3n) is 5.67. The van der Waals surface area contributed by atoms with Gasteiger partial charge in [0, 0.05) is 22.6 Å². The van der Waals surface area contributed by atoms with Gasteiger partial charge in [0.25, 0.3) is 0 Å². The molecular formula is C25H28N2O3+2. The molecule has 0 spiro atoms. The number of fused-ring (bicyclic) bond motifs is 3. The fourth-order valence-corrected chi connectivity index (χ4v) is 4.15. The molecule has 154 valence electrons. The van der Waals surface area contributed by atoms with Crippen molar-refractivity contribution in [1.29, 1.82) is 0 Å². The SMILES string of the molecule is COc1cccc([C@@H](C[NH2+]Cc2cc(=O)oc3ccc4ccccc4c23)[NH+](C)C)c1. The van der Waals surface area contributed by atoms with Crippen LogP contribution in [0.4, 0.5) is 0 Å². The lowest BCUT2D eigenvalue weighted by Crippen LogP contribution is -3.09. The van der Waals surface area contributed by atoms with E-state index in [4.69, 9.17) is 9.15 Å². The first-order valence-corrected chi connectivity index (χ1v) is 10.3. The Balaban J connectivity index is 1.62. The predicted molar refractivity (Wildman–Crippen MR) is 119 cm³/mol. The smallest absolute Gasteiger partial charge is 0.336 e. The molecule has 0 aliphatic rings. The van der Waals surface area contributed by atoms with E-state index in [1.807, 2.05) is 36.4 Å². The van der Waals surface area contributed by atoms with Crippen molar-refractivity contribution in [2.45, 2.75) is 12.6 Å². The van der Waals surface area contributed by atoms with Crippen molar-refractivity contribution >= 4 is 21.7 Å². The Morgan fingerprint density at radius 2 is 1.87 bits per heavy atom. The summed E-state index contributed by atoms with van der Waals surface area (Å²) >= 11 is 0. The Labute approximate surface area is 175 Å². The van der Waals surface area contributed by atoms with Gasteiger partial charge in [0.05, 0.1) is 21.2 Å². The second kappa shape index (κ2) is 8.69. The van der Waals surface area contributed by atoms with Gasteiger partial charge < -0.3 is 19.4 Å². The topological polar surface area (TPSA) is 60.5 Å². The minimum absolute atomic E-state index is 0.302. The summed E-state index contributed by atoms with van der Waals surface area (Å²) in [6.07, 6.45) is 0. The van der Waals surface area contributed by atoms with E-state index in [2.05, 4.69) is 43.7 Å². The predicted octanol–water partition coefficient (Wildman–Crippen LogP) is 1.90. The fourth-order valence-electron chi connectivity index (χ4n) is 4.15. The average molecular weight is 405 g/mol. The van der Waals surface area contributed by atoms with Gasteiger partial charge in [-0.05, 0) is 29.0 Å². The van der Waals surface area contributed by atoms with Gasteiger partial charge in [-0.15, -0.1) is 0 Å². The highest BCUT2D eigenvalue weighted by atomic mass is 16.5. The monoisotopic (exact) mass is 404 g/mol. The molecule has 0 amide bonds. The zero-order valence-corrected chi connectivity index (χ0v) is 17.6. The molecule has 3 N–H and O–H groups in total. The lowest BCUT2D eigenvalue weighted by Gasteiger charge is -2.21. The standard InChI is InChI=1S/C25H26N2O3/c1-27(2)22(18-8-6-9-20(13-18)29-3)16-26-15-19-14-24(28)30-23-12-11-17-7-4-5-10-21(17)25(19)23/h4-14,22,26H,15-16H2,1-3H3/p+2/t22-/m1/s1. The number of hydrogen-bond acceptors (Lipinski definition) is 3. The highest BCUT2D eigenvalue weighted by Gasteiger charge is 2.21. The molecule has 0 aliphatic heterocycles. The molecule has 0 radical (unpaired) electrons. The van der Waals surface area contributed by atoms with Crippen LogP contribution < -0.4 is 20.6 Å². The van der Waals surface area contributed by atoms with Crippen LogP contribution in [0.2, 0.25) is 0 Å². The lowest BCUT2D eigenvalue weighted by atomic mass is 10.0. The summed E-state index contributed by atoms with van der Waals surface area (Å²) in [7, 11) is 6.02. The summed E-state index contributed by atoms with van der Waals surface area (Å²) in [6, 6.07) is 22.3. The Bertz CT molecular complexity index is 1230. The molecule has 4 aromatic rings. The van der Waals surface area contributed by atoms with Gasteiger partial charge in [-0.2, -0.15) is 0 Å². The molecule has 1 atom stereocenters. The van der Waals surface area contributed by atoms with Crippen LogP contribution in [0.15, 0.2) is 75.9 Å². The molecule has 0 saturated heterocycles. The molecule has 0 saturated carbocycles. The van der Waals surface area contributed by atoms with Crippen molar-refractivity contribution in [3.63, 3.8) is 0 Å². The molecule has 0 aliphatic carbocycles. The van der Waals surface area contributed by atoms with Crippen LogP contribution in [-0.4, -0.2) is 27.7 Å². The van der Waals surface area contributed by atoms with Gasteiger partial charge >= 0.3 is 5.63 Å². The number of nitrogens with one attached hydrogen (secondary N) is 1. The summed E-state index contributed by atoms with van der Waals surface area (Å²) < 4.78 is 10.9. The lowest BCUT2D eigenvalue weighted by molar-refractivity contribution is -0.910. The summed E-state index contributed by atoms with van der Waals surface area (Å²) in [5.41, 5.74) is 2.60. The second-order valence-corrected chi connectivity index (χ2v) is 7.89. The first-order chi connectivity index (χ1) is 14.6. The van der Waals surface area contributed by atoms with E-state index in [1.165, 1.54) is 10.5 Å². The minimum Gasteiger partial charge on any atom is -0.497 e. The van der Waals surface area contributed by atoms with E-state index in [0.29, 0.717) is 18.2 Å². The summed E-state index contributed by atoms with van der Waals surface area (Å²) in [4.78, 5) is 13.5. The molecule has 1 heterocycles. The molecule has 5 heteroatoms. The van der Waals surface area contributed by atoms with Crippen LogP contribution in [0.1, 0.15) is 17.2 Å². The molecule has 1 aromatic heterocycles. The van der Waals surface area contributed by atoms with Crippen LogP contribution >= 0.6 is 0 Å². The van der Waals surface area contributed by atoms with Gasteiger partial charge in [0.2, 0.25) is 0 Å². The molecule has 3 aromatic carbocycles. The number of methoxy groups -OCH3 is 1. The van der Waals surface area contributed by atoms with Crippen molar-refractivity contribution in [2.24, 2.45) is 0 Å². The molecule has 4 rings (SSSR count). The third kappa shape index (κ3) is 4.08. The van der Waals surface area contributed by atoms with Crippen molar-refractivity contribution in [3.8, 4) is 5.75 Å². The number of benzene rings is 3. The molecule has 5 nitrogen and oxygen atoms in total. The van der Waals surface area contributed by atoms with Crippen molar-refractivity contribution < 1.29 is 19.4 Å². The quantitative estimate of drug-likeness (QED) is 0.365. The first kappa shape index (κ1) is 20.1. The number of likely N-dealkylation sites (N-methyl/N-ethyl adjacent to an activating group) is 1. The van der Waals surface area contributed by atoms with Gasteiger partial charge in [-0.25, -0.2) is 4.79 Å². The minimum atomic E-state index is -0.302. The summed E-state index contributed by atoms with van der Waals surface area (Å²) in [5.74, 6) is 0.872. The van der Waals surface area contributed by atoms with Crippen LogP contribution in [0, 0.1) is 0 Å². The number of quaternary nitrogens is 2. The Kier molecular flexibility index (Phi) is 5.84. The maximum atomic E-state index is 12.1. The third-order valence-corrected chi connectivity index (χ3v) is 5.67. The number of nitrogens with two attached hydrogens (primary N) is 1. The van der Waals surface area contributed by atoms with E-state index < -0.39 is 0 Å². The Hall–Kier alpha value is -3.15.